The monoisotopic (exact) mass is 464 g/mol. The summed E-state index contributed by atoms with van der Waals surface area (Å²) >= 11 is 0. The topological polar surface area (TPSA) is 116 Å². The molecule has 0 heterocycles. The minimum atomic E-state index is -0.748. The number of esters is 3. The fourth-order valence-corrected chi connectivity index (χ4v) is 4.73. The Morgan fingerprint density at radius 1 is 0.939 bits per heavy atom. The van der Waals surface area contributed by atoms with Gasteiger partial charge in [0.2, 0.25) is 0 Å². The van der Waals surface area contributed by atoms with Crippen LogP contribution in [0, 0.1) is 23.7 Å². The van der Waals surface area contributed by atoms with Crippen molar-refractivity contribution in [1.29, 1.82) is 0 Å². The molecule has 1 atom stereocenters. The van der Waals surface area contributed by atoms with Crippen LogP contribution in [0.1, 0.15) is 64.7 Å². The van der Waals surface area contributed by atoms with E-state index < -0.39 is 24.0 Å². The smallest absolute Gasteiger partial charge is 0.333 e. The third-order valence-electron chi connectivity index (χ3n) is 6.78. The Morgan fingerprint density at radius 3 is 1.97 bits per heavy atom. The number of ether oxygens (including phenoxy) is 3. The third-order valence-corrected chi connectivity index (χ3v) is 6.78. The van der Waals surface area contributed by atoms with Crippen molar-refractivity contribution >= 4 is 23.9 Å². The predicted octanol–water partition coefficient (Wildman–Crippen LogP) is 3.83. The molecule has 1 unspecified atom stereocenters. The minimum Gasteiger partial charge on any atom is -0.481 e. The summed E-state index contributed by atoms with van der Waals surface area (Å²) in [5.41, 5.74) is 0.222. The fourth-order valence-electron chi connectivity index (χ4n) is 4.73. The van der Waals surface area contributed by atoms with E-state index in [4.69, 9.17) is 19.3 Å². The summed E-state index contributed by atoms with van der Waals surface area (Å²) in [5, 5.41) is 9.16. The molecule has 2 aliphatic carbocycles. The van der Waals surface area contributed by atoms with E-state index in [9.17, 15) is 19.2 Å². The van der Waals surface area contributed by atoms with E-state index >= 15 is 0 Å². The number of carboxylic acid groups (broad SMARTS) is 1. The second-order valence-electron chi connectivity index (χ2n) is 9.16. The van der Waals surface area contributed by atoms with Gasteiger partial charge in [0.25, 0.3) is 0 Å². The molecular formula is C25H36O8. The lowest BCUT2D eigenvalue weighted by Gasteiger charge is -2.36. The van der Waals surface area contributed by atoms with Crippen molar-refractivity contribution in [3.8, 4) is 0 Å². The van der Waals surface area contributed by atoms with Crippen molar-refractivity contribution in [2.45, 2.75) is 70.8 Å². The molecule has 0 aromatic carbocycles. The van der Waals surface area contributed by atoms with Gasteiger partial charge in [0, 0.05) is 18.1 Å². The second-order valence-corrected chi connectivity index (χ2v) is 9.16. The van der Waals surface area contributed by atoms with Gasteiger partial charge in [-0.05, 0) is 70.1 Å². The van der Waals surface area contributed by atoms with E-state index in [1.807, 2.05) is 0 Å². The number of hydrogen-bond acceptors (Lipinski definition) is 7. The molecule has 0 spiro atoms. The van der Waals surface area contributed by atoms with Gasteiger partial charge < -0.3 is 19.3 Å². The number of aliphatic carboxylic acids is 1. The molecule has 184 valence electrons. The van der Waals surface area contributed by atoms with Crippen LogP contribution in [0.4, 0.5) is 0 Å². The van der Waals surface area contributed by atoms with E-state index in [1.54, 1.807) is 0 Å². The molecule has 8 nitrogen and oxygen atoms in total. The summed E-state index contributed by atoms with van der Waals surface area (Å²) < 4.78 is 15.6. The predicted molar refractivity (Wildman–Crippen MR) is 120 cm³/mol. The average Bonchev–Trinajstić information content (AvgIpc) is 2.82. The molecule has 33 heavy (non-hydrogen) atoms. The van der Waals surface area contributed by atoms with Gasteiger partial charge in [0.1, 0.15) is 12.7 Å². The lowest BCUT2D eigenvalue weighted by molar-refractivity contribution is -0.157. The van der Waals surface area contributed by atoms with Gasteiger partial charge >= 0.3 is 23.9 Å². The molecule has 0 bridgehead atoms. The van der Waals surface area contributed by atoms with Crippen molar-refractivity contribution in [1.82, 2.24) is 0 Å². The molecule has 0 radical (unpaired) electrons. The maximum Gasteiger partial charge on any atom is 0.333 e. The van der Waals surface area contributed by atoms with Crippen LogP contribution in [0.25, 0.3) is 0 Å². The van der Waals surface area contributed by atoms with Crippen LogP contribution >= 0.6 is 0 Å². The highest BCUT2D eigenvalue weighted by Crippen LogP contribution is 2.41. The van der Waals surface area contributed by atoms with Gasteiger partial charge in [-0.2, -0.15) is 0 Å². The summed E-state index contributed by atoms with van der Waals surface area (Å²) in [6.45, 7) is 8.27. The molecule has 8 heteroatoms. The zero-order valence-electron chi connectivity index (χ0n) is 19.5. The molecule has 0 amide bonds. The summed E-state index contributed by atoms with van der Waals surface area (Å²) in [6.07, 6.45) is 7.35. The Hall–Kier alpha value is -2.64. The van der Waals surface area contributed by atoms with Gasteiger partial charge in [-0.25, -0.2) is 9.59 Å². The Kier molecular flexibility index (Phi) is 10.6. The first-order chi connectivity index (χ1) is 15.7. The first-order valence-corrected chi connectivity index (χ1v) is 11.8. The van der Waals surface area contributed by atoms with Crippen LogP contribution in [-0.2, 0) is 33.4 Å². The molecule has 0 aliphatic heterocycles. The first-order valence-electron chi connectivity index (χ1n) is 11.8. The third kappa shape index (κ3) is 8.67. The van der Waals surface area contributed by atoms with Crippen molar-refractivity contribution in [2.75, 3.05) is 13.2 Å². The summed E-state index contributed by atoms with van der Waals surface area (Å²) in [5.74, 6) is -1.41. The Bertz CT molecular complexity index is 727. The van der Waals surface area contributed by atoms with Crippen molar-refractivity contribution in [2.24, 2.45) is 23.7 Å². The van der Waals surface area contributed by atoms with E-state index in [0.29, 0.717) is 11.8 Å². The van der Waals surface area contributed by atoms with Crippen molar-refractivity contribution in [3.63, 3.8) is 0 Å². The highest BCUT2D eigenvalue weighted by atomic mass is 16.6. The van der Waals surface area contributed by atoms with Gasteiger partial charge in [-0.15, -0.1) is 0 Å². The highest BCUT2D eigenvalue weighted by molar-refractivity contribution is 5.87. The summed E-state index contributed by atoms with van der Waals surface area (Å²) in [7, 11) is 0. The molecule has 2 saturated carbocycles. The van der Waals surface area contributed by atoms with Crippen LogP contribution in [0.15, 0.2) is 24.8 Å². The van der Waals surface area contributed by atoms with Crippen LogP contribution < -0.4 is 0 Å². The minimum absolute atomic E-state index is 0.0533. The molecular weight excluding hydrogens is 428 g/mol. The first kappa shape index (κ1) is 26.6. The second kappa shape index (κ2) is 13.2. The van der Waals surface area contributed by atoms with Gasteiger partial charge in [-0.1, -0.05) is 13.2 Å². The number of rotatable bonds is 11. The molecule has 2 fully saturated rings. The normalized spacial score (nSPS) is 25.8. The Labute approximate surface area is 195 Å². The maximum atomic E-state index is 12.5. The molecule has 0 aromatic rings. The number of hydrogen-bond donors (Lipinski definition) is 1. The number of carbonyl (C=O) groups is 4. The van der Waals surface area contributed by atoms with Gasteiger partial charge in [0.05, 0.1) is 18.4 Å². The van der Waals surface area contributed by atoms with E-state index in [1.165, 1.54) is 6.92 Å². The van der Waals surface area contributed by atoms with Gasteiger partial charge in [0.15, 0.2) is 0 Å². The van der Waals surface area contributed by atoms with Crippen LogP contribution in [0.5, 0.6) is 0 Å². The van der Waals surface area contributed by atoms with Crippen LogP contribution in [0.2, 0.25) is 0 Å². The molecule has 2 aliphatic rings. The van der Waals surface area contributed by atoms with E-state index in [2.05, 4.69) is 13.2 Å². The van der Waals surface area contributed by atoms with Gasteiger partial charge in [-0.3, -0.25) is 9.59 Å². The van der Waals surface area contributed by atoms with Crippen LogP contribution in [0.3, 0.4) is 0 Å². The zero-order chi connectivity index (χ0) is 24.4. The number of carboxylic acids is 1. The molecule has 2 rings (SSSR count). The van der Waals surface area contributed by atoms with Crippen LogP contribution in [-0.4, -0.2) is 48.3 Å². The standard InChI is InChI=1S/C25H36O8/c1-4-22(26)32-15-21(33-24(29)16(2)3)13-14-31-25(30)20-11-7-18(8-12-20)17-5-9-19(10-6-17)23(27)28/h4,17-21H,1-2,5-15H2,3H3,(H,27,28). The average molecular weight is 465 g/mol. The Balaban J connectivity index is 1.72. The Morgan fingerprint density at radius 2 is 1.48 bits per heavy atom. The quantitative estimate of drug-likeness (QED) is 0.279. The van der Waals surface area contributed by atoms with Crippen molar-refractivity contribution in [3.05, 3.63) is 24.8 Å². The zero-order valence-corrected chi connectivity index (χ0v) is 19.5. The molecule has 0 saturated heterocycles. The van der Waals surface area contributed by atoms with E-state index in [-0.39, 0.29) is 43.0 Å². The van der Waals surface area contributed by atoms with E-state index in [0.717, 1.165) is 57.4 Å². The summed E-state index contributed by atoms with van der Waals surface area (Å²) in [4.78, 5) is 46.8. The maximum absolute atomic E-state index is 12.5. The SMILES string of the molecule is C=CC(=O)OCC(CCOC(=O)C1CCC(C2CCC(C(=O)O)CC2)CC1)OC(=O)C(=C)C. The lowest BCUT2D eigenvalue weighted by atomic mass is 9.69. The highest BCUT2D eigenvalue weighted by Gasteiger charge is 2.34. The molecule has 1 N–H and O–H groups in total. The number of carbonyl (C=O) groups excluding carboxylic acids is 3. The molecule has 0 aromatic heterocycles. The largest absolute Gasteiger partial charge is 0.481 e. The lowest BCUT2D eigenvalue weighted by Crippen LogP contribution is -2.31. The fraction of sp³-hybridized carbons (Fsp3) is 0.680. The summed E-state index contributed by atoms with van der Waals surface area (Å²) in [6, 6.07) is 0. The van der Waals surface area contributed by atoms with Crippen molar-refractivity contribution < 1.29 is 38.5 Å².